The van der Waals surface area contributed by atoms with Gasteiger partial charge in [-0.3, -0.25) is 9.59 Å². The molecule has 0 aromatic heterocycles. The molecule has 19 heavy (non-hydrogen) atoms. The largest absolute Gasteiger partial charge is 0.382 e. The van der Waals surface area contributed by atoms with E-state index in [4.69, 9.17) is 10.5 Å². The average molecular weight is 376 g/mol. The number of halogens is 1. The first-order valence-electron chi connectivity index (χ1n) is 6.01. The molecule has 5 nitrogen and oxygen atoms in total. The van der Waals surface area contributed by atoms with Crippen molar-refractivity contribution >= 4 is 34.4 Å². The van der Waals surface area contributed by atoms with Crippen molar-refractivity contribution < 1.29 is 14.3 Å². The summed E-state index contributed by atoms with van der Waals surface area (Å²) in [6, 6.07) is 4.82. The molecule has 0 atom stereocenters. The molecule has 104 valence electrons. The molecule has 0 aliphatic carbocycles. The second-order valence-corrected chi connectivity index (χ2v) is 5.03. The molecule has 1 rings (SSSR count). The second-order valence-electron chi connectivity index (χ2n) is 3.87. The topological polar surface area (TPSA) is 81.4 Å². The number of hydrogen-bond donors (Lipinski definition) is 2. The molecule has 0 aliphatic heterocycles. The summed E-state index contributed by atoms with van der Waals surface area (Å²) >= 11 is 1.99. The summed E-state index contributed by atoms with van der Waals surface area (Å²) in [6.45, 7) is 3.81. The summed E-state index contributed by atoms with van der Waals surface area (Å²) < 4.78 is 5.85. The number of nitrogens with one attached hydrogen (secondary N) is 1. The van der Waals surface area contributed by atoms with Crippen LogP contribution in [0.25, 0.3) is 0 Å². The van der Waals surface area contributed by atoms with E-state index in [1.54, 1.807) is 18.2 Å². The summed E-state index contributed by atoms with van der Waals surface area (Å²) in [6.07, 6.45) is 0.774. The first kappa shape index (κ1) is 15.9. The Kier molecular flexibility index (Phi) is 6.79. The summed E-state index contributed by atoms with van der Waals surface area (Å²) in [5.41, 5.74) is 6.15. The molecular formula is C13H17IN2O3. The van der Waals surface area contributed by atoms with Crippen LogP contribution in [0.4, 0.5) is 0 Å². The number of hydrogen-bond acceptors (Lipinski definition) is 3. The quantitative estimate of drug-likeness (QED) is 0.560. The van der Waals surface area contributed by atoms with E-state index >= 15 is 0 Å². The minimum Gasteiger partial charge on any atom is -0.382 e. The van der Waals surface area contributed by atoms with Crippen LogP contribution in [-0.2, 0) is 4.74 Å². The van der Waals surface area contributed by atoms with Crippen LogP contribution < -0.4 is 11.1 Å². The summed E-state index contributed by atoms with van der Waals surface area (Å²) in [5, 5.41) is 2.80. The normalized spacial score (nSPS) is 10.2. The number of carbonyl (C=O) groups is 2. The smallest absolute Gasteiger partial charge is 0.251 e. The van der Waals surface area contributed by atoms with Gasteiger partial charge in [0.05, 0.1) is 5.56 Å². The van der Waals surface area contributed by atoms with Gasteiger partial charge in [-0.1, -0.05) is 0 Å². The molecule has 1 aromatic carbocycles. The first-order valence-corrected chi connectivity index (χ1v) is 7.09. The zero-order chi connectivity index (χ0) is 14.3. The standard InChI is InChI=1S/C13H17IN2O3/c1-2-19-7-3-6-16-13(18)9-4-5-10(12(15)17)11(14)8-9/h4-5,8H,2-3,6-7H2,1H3,(H2,15,17)(H,16,18). The fourth-order valence-corrected chi connectivity index (χ4v) is 2.26. The minimum absolute atomic E-state index is 0.162. The van der Waals surface area contributed by atoms with Gasteiger partial charge in [0.1, 0.15) is 0 Å². The maximum Gasteiger partial charge on any atom is 0.251 e. The van der Waals surface area contributed by atoms with E-state index < -0.39 is 5.91 Å². The lowest BCUT2D eigenvalue weighted by molar-refractivity contribution is 0.0941. The molecule has 0 fully saturated rings. The van der Waals surface area contributed by atoms with Crippen LogP contribution in [0.5, 0.6) is 0 Å². The molecular weight excluding hydrogens is 359 g/mol. The van der Waals surface area contributed by atoms with Gasteiger partial charge >= 0.3 is 0 Å². The molecule has 3 N–H and O–H groups in total. The molecule has 0 aliphatic rings. The van der Waals surface area contributed by atoms with E-state index in [2.05, 4.69) is 5.32 Å². The predicted molar refractivity (Wildman–Crippen MR) is 81.1 cm³/mol. The van der Waals surface area contributed by atoms with Gasteiger partial charge in [0, 0.05) is 28.9 Å². The number of primary amides is 1. The lowest BCUT2D eigenvalue weighted by atomic mass is 10.1. The number of benzene rings is 1. The van der Waals surface area contributed by atoms with E-state index in [9.17, 15) is 9.59 Å². The van der Waals surface area contributed by atoms with E-state index in [1.165, 1.54) is 0 Å². The van der Waals surface area contributed by atoms with E-state index in [0.717, 1.165) is 6.42 Å². The van der Waals surface area contributed by atoms with Crippen molar-refractivity contribution in [3.05, 3.63) is 32.9 Å². The fourth-order valence-electron chi connectivity index (χ4n) is 1.48. The molecule has 1 aromatic rings. The van der Waals surface area contributed by atoms with Crippen LogP contribution >= 0.6 is 22.6 Å². The van der Waals surface area contributed by atoms with Crippen LogP contribution in [0.3, 0.4) is 0 Å². The Morgan fingerprint density at radius 3 is 2.74 bits per heavy atom. The van der Waals surface area contributed by atoms with Crippen molar-refractivity contribution in [1.82, 2.24) is 5.32 Å². The molecule has 0 spiro atoms. The Hall–Kier alpha value is -1.15. The van der Waals surface area contributed by atoms with Gasteiger partial charge in [0.15, 0.2) is 0 Å². The highest BCUT2D eigenvalue weighted by Gasteiger charge is 2.10. The van der Waals surface area contributed by atoms with Crippen molar-refractivity contribution in [3.8, 4) is 0 Å². The number of amides is 2. The van der Waals surface area contributed by atoms with Gasteiger partial charge in [-0.25, -0.2) is 0 Å². The third kappa shape index (κ3) is 5.15. The molecule has 0 heterocycles. The SMILES string of the molecule is CCOCCCNC(=O)c1ccc(C(N)=O)c(I)c1. The van der Waals surface area contributed by atoms with Crippen LogP contribution in [0.2, 0.25) is 0 Å². The van der Waals surface area contributed by atoms with Crippen LogP contribution in [-0.4, -0.2) is 31.6 Å². The summed E-state index contributed by atoms with van der Waals surface area (Å²) in [5.74, 6) is -0.654. The Balaban J connectivity index is 2.53. The Morgan fingerprint density at radius 1 is 1.42 bits per heavy atom. The molecule has 0 unspecified atom stereocenters. The average Bonchev–Trinajstić information content (AvgIpc) is 2.37. The minimum atomic E-state index is -0.493. The van der Waals surface area contributed by atoms with E-state index in [-0.39, 0.29) is 5.91 Å². The van der Waals surface area contributed by atoms with Crippen molar-refractivity contribution in [1.29, 1.82) is 0 Å². The van der Waals surface area contributed by atoms with Gasteiger partial charge in [-0.05, 0) is 54.1 Å². The van der Waals surface area contributed by atoms with Gasteiger partial charge in [-0.2, -0.15) is 0 Å². The zero-order valence-electron chi connectivity index (χ0n) is 10.7. The molecule has 0 saturated carbocycles. The maximum atomic E-state index is 11.8. The van der Waals surface area contributed by atoms with Crippen molar-refractivity contribution in [2.24, 2.45) is 5.73 Å². The van der Waals surface area contributed by atoms with Crippen molar-refractivity contribution in [2.45, 2.75) is 13.3 Å². The number of rotatable bonds is 7. The van der Waals surface area contributed by atoms with Gasteiger partial charge in [-0.15, -0.1) is 0 Å². The molecule has 0 radical (unpaired) electrons. The number of ether oxygens (including phenoxy) is 1. The van der Waals surface area contributed by atoms with Crippen LogP contribution in [0.1, 0.15) is 34.1 Å². The predicted octanol–water partition coefficient (Wildman–Crippen LogP) is 1.55. The Morgan fingerprint density at radius 2 is 2.16 bits per heavy atom. The summed E-state index contributed by atoms with van der Waals surface area (Å²) in [7, 11) is 0. The summed E-state index contributed by atoms with van der Waals surface area (Å²) in [4.78, 5) is 22.9. The molecule has 0 bridgehead atoms. The molecule has 2 amide bonds. The van der Waals surface area contributed by atoms with Crippen LogP contribution in [0, 0.1) is 3.57 Å². The van der Waals surface area contributed by atoms with Crippen molar-refractivity contribution in [3.63, 3.8) is 0 Å². The highest BCUT2D eigenvalue weighted by atomic mass is 127. The zero-order valence-corrected chi connectivity index (χ0v) is 12.9. The highest BCUT2D eigenvalue weighted by Crippen LogP contribution is 2.14. The second kappa shape index (κ2) is 8.11. The van der Waals surface area contributed by atoms with E-state index in [0.29, 0.717) is 34.5 Å². The lowest BCUT2D eigenvalue weighted by Crippen LogP contribution is -2.25. The number of nitrogens with two attached hydrogens (primary N) is 1. The Labute approximate surface area is 126 Å². The lowest BCUT2D eigenvalue weighted by Gasteiger charge is -2.07. The van der Waals surface area contributed by atoms with Gasteiger partial charge < -0.3 is 15.8 Å². The van der Waals surface area contributed by atoms with Crippen molar-refractivity contribution in [2.75, 3.05) is 19.8 Å². The highest BCUT2D eigenvalue weighted by molar-refractivity contribution is 14.1. The molecule has 0 saturated heterocycles. The number of carbonyl (C=O) groups excluding carboxylic acids is 2. The van der Waals surface area contributed by atoms with Gasteiger partial charge in [0.2, 0.25) is 5.91 Å². The van der Waals surface area contributed by atoms with Crippen LogP contribution in [0.15, 0.2) is 18.2 Å². The van der Waals surface area contributed by atoms with E-state index in [1.807, 2.05) is 29.5 Å². The third-order valence-electron chi connectivity index (χ3n) is 2.45. The monoisotopic (exact) mass is 376 g/mol. The fraction of sp³-hybridized carbons (Fsp3) is 0.385. The van der Waals surface area contributed by atoms with Gasteiger partial charge in [0.25, 0.3) is 5.91 Å². The first-order chi connectivity index (χ1) is 9.06. The Bertz CT molecular complexity index is 463. The molecule has 6 heteroatoms. The maximum absolute atomic E-state index is 11.8. The third-order valence-corrected chi connectivity index (χ3v) is 3.34.